The van der Waals surface area contributed by atoms with Crippen LogP contribution in [0.5, 0.6) is 0 Å². The molecule has 0 aromatic heterocycles. The van der Waals surface area contributed by atoms with E-state index in [1.54, 1.807) is 12.1 Å². The van der Waals surface area contributed by atoms with E-state index < -0.39 is 18.2 Å². The second-order valence-electron chi connectivity index (χ2n) is 6.50. The monoisotopic (exact) mass is 384 g/mol. The Morgan fingerprint density at radius 2 is 1.72 bits per heavy atom. The summed E-state index contributed by atoms with van der Waals surface area (Å²) in [6, 6.07) is 12.6. The summed E-state index contributed by atoms with van der Waals surface area (Å²) in [7, 11) is 0. The molecule has 6 heteroatoms. The highest BCUT2D eigenvalue weighted by Crippen LogP contribution is 2.47. The average Bonchev–Trinajstić information content (AvgIpc) is 2.99. The van der Waals surface area contributed by atoms with Crippen molar-refractivity contribution >= 4 is 17.5 Å². The molecule has 1 aliphatic carbocycles. The molecule has 3 rings (SSSR count). The summed E-state index contributed by atoms with van der Waals surface area (Å²) in [4.78, 5) is 24.5. The van der Waals surface area contributed by atoms with Crippen molar-refractivity contribution in [2.45, 2.75) is 20.1 Å². The van der Waals surface area contributed by atoms with E-state index in [2.05, 4.69) is 13.2 Å². The van der Waals surface area contributed by atoms with Gasteiger partial charge < -0.3 is 9.47 Å². The average molecular weight is 384 g/mol. The lowest BCUT2D eigenvalue weighted by atomic mass is 9.91. The number of benzene rings is 2. The molecule has 0 saturated carbocycles. The maximum absolute atomic E-state index is 12.9. The SMILES string of the molecule is C=C(C)C(=O)OC(C)OC(=O)c1cc(C#N)c(C#N)c2c1-c1ccccc1C2=C. The quantitative estimate of drug-likeness (QED) is 0.381. The zero-order valence-corrected chi connectivity index (χ0v) is 15.9. The number of esters is 2. The fourth-order valence-corrected chi connectivity index (χ4v) is 3.22. The zero-order chi connectivity index (χ0) is 21.3. The molecule has 0 aliphatic heterocycles. The Kier molecular flexibility index (Phi) is 5.04. The Bertz CT molecular complexity index is 1180. The van der Waals surface area contributed by atoms with Crippen LogP contribution in [0.25, 0.3) is 16.7 Å². The molecule has 142 valence electrons. The smallest absolute Gasteiger partial charge is 0.341 e. The summed E-state index contributed by atoms with van der Waals surface area (Å²) in [5.41, 5.74) is 3.41. The third kappa shape index (κ3) is 3.28. The van der Waals surface area contributed by atoms with Crippen LogP contribution in [-0.4, -0.2) is 18.2 Å². The van der Waals surface area contributed by atoms with Crippen molar-refractivity contribution in [2.24, 2.45) is 0 Å². The molecule has 2 aromatic carbocycles. The Morgan fingerprint density at radius 3 is 2.31 bits per heavy atom. The summed E-state index contributed by atoms with van der Waals surface area (Å²) < 4.78 is 10.3. The Labute approximate surface area is 167 Å². The zero-order valence-electron chi connectivity index (χ0n) is 15.9. The summed E-state index contributed by atoms with van der Waals surface area (Å²) in [5, 5.41) is 19.1. The molecule has 0 heterocycles. The molecule has 6 nitrogen and oxygen atoms in total. The van der Waals surface area contributed by atoms with E-state index in [1.807, 2.05) is 24.3 Å². The molecule has 1 atom stereocenters. The van der Waals surface area contributed by atoms with E-state index in [-0.39, 0.29) is 22.3 Å². The minimum atomic E-state index is -1.16. The van der Waals surface area contributed by atoms with Crippen LogP contribution in [0, 0.1) is 22.7 Å². The van der Waals surface area contributed by atoms with Crippen molar-refractivity contribution in [2.75, 3.05) is 0 Å². The highest BCUT2D eigenvalue weighted by molar-refractivity contribution is 6.10. The van der Waals surface area contributed by atoms with Gasteiger partial charge in [0.2, 0.25) is 6.29 Å². The van der Waals surface area contributed by atoms with Crippen LogP contribution >= 0.6 is 0 Å². The molecule has 0 N–H and O–H groups in total. The molecule has 0 amide bonds. The van der Waals surface area contributed by atoms with Crippen LogP contribution in [0.4, 0.5) is 0 Å². The van der Waals surface area contributed by atoms with Crippen molar-refractivity contribution in [1.82, 2.24) is 0 Å². The number of ether oxygens (including phenoxy) is 2. The predicted octanol–water partition coefficient (Wildman–Crippen LogP) is 4.09. The number of rotatable bonds is 4. The molecule has 2 aromatic rings. The van der Waals surface area contributed by atoms with E-state index in [0.717, 1.165) is 5.56 Å². The largest absolute Gasteiger partial charge is 0.422 e. The lowest BCUT2D eigenvalue weighted by Crippen LogP contribution is -2.22. The highest BCUT2D eigenvalue weighted by atomic mass is 16.7. The van der Waals surface area contributed by atoms with Crippen LogP contribution in [0.15, 0.2) is 49.1 Å². The van der Waals surface area contributed by atoms with Gasteiger partial charge in [0.1, 0.15) is 12.1 Å². The van der Waals surface area contributed by atoms with E-state index in [9.17, 15) is 20.1 Å². The van der Waals surface area contributed by atoms with Crippen LogP contribution in [0.2, 0.25) is 0 Å². The van der Waals surface area contributed by atoms with Gasteiger partial charge in [-0.1, -0.05) is 37.4 Å². The first kappa shape index (κ1) is 19.6. The second-order valence-corrected chi connectivity index (χ2v) is 6.50. The number of hydrogen-bond acceptors (Lipinski definition) is 6. The third-order valence-corrected chi connectivity index (χ3v) is 4.50. The third-order valence-electron chi connectivity index (χ3n) is 4.50. The number of carbonyl (C=O) groups excluding carboxylic acids is 2. The van der Waals surface area contributed by atoms with E-state index >= 15 is 0 Å². The highest BCUT2D eigenvalue weighted by Gasteiger charge is 2.32. The van der Waals surface area contributed by atoms with E-state index in [4.69, 9.17) is 9.47 Å². The fourth-order valence-electron chi connectivity index (χ4n) is 3.22. The van der Waals surface area contributed by atoms with Crippen molar-refractivity contribution in [3.05, 3.63) is 76.9 Å². The number of carbonyl (C=O) groups is 2. The molecule has 0 saturated heterocycles. The molecule has 0 radical (unpaired) electrons. The maximum Gasteiger partial charge on any atom is 0.341 e. The van der Waals surface area contributed by atoms with Gasteiger partial charge in [-0.3, -0.25) is 0 Å². The summed E-state index contributed by atoms with van der Waals surface area (Å²) in [5.74, 6) is -1.47. The molecule has 1 unspecified atom stereocenters. The van der Waals surface area contributed by atoms with Gasteiger partial charge in [-0.2, -0.15) is 10.5 Å². The van der Waals surface area contributed by atoms with Crippen molar-refractivity contribution in [3.8, 4) is 23.3 Å². The summed E-state index contributed by atoms with van der Waals surface area (Å²) in [6.45, 7) is 10.4. The van der Waals surface area contributed by atoms with Crippen molar-refractivity contribution in [3.63, 3.8) is 0 Å². The molecule has 0 bridgehead atoms. The normalized spacial score (nSPS) is 12.1. The Morgan fingerprint density at radius 1 is 1.07 bits per heavy atom. The number of hydrogen-bond donors (Lipinski definition) is 0. The van der Waals surface area contributed by atoms with Crippen LogP contribution in [0.1, 0.15) is 46.5 Å². The van der Waals surface area contributed by atoms with E-state index in [1.165, 1.54) is 19.9 Å². The van der Waals surface area contributed by atoms with Gasteiger partial charge in [0.15, 0.2) is 0 Å². The van der Waals surface area contributed by atoms with Gasteiger partial charge in [-0.05, 0) is 29.7 Å². The first-order valence-corrected chi connectivity index (χ1v) is 8.67. The first-order chi connectivity index (χ1) is 13.8. The number of fused-ring (bicyclic) bond motifs is 3. The summed E-state index contributed by atoms with van der Waals surface area (Å²) >= 11 is 0. The molecular weight excluding hydrogens is 368 g/mol. The predicted molar refractivity (Wildman–Crippen MR) is 105 cm³/mol. The maximum atomic E-state index is 12.9. The van der Waals surface area contributed by atoms with Gasteiger partial charge in [-0.15, -0.1) is 0 Å². The standard InChI is InChI=1S/C23H16N2O4/c1-12(2)22(26)28-14(4)29-23(27)18-9-15(10-24)19(11-25)20-13(3)16-7-5-6-8-17(16)21(18)20/h5-9,14H,1,3H2,2,4H3. The van der Waals surface area contributed by atoms with Gasteiger partial charge in [-0.25, -0.2) is 9.59 Å². The van der Waals surface area contributed by atoms with Crippen molar-refractivity contribution in [1.29, 1.82) is 10.5 Å². The second kappa shape index (κ2) is 7.46. The summed E-state index contributed by atoms with van der Waals surface area (Å²) in [6.07, 6.45) is -1.16. The van der Waals surface area contributed by atoms with E-state index in [0.29, 0.717) is 22.3 Å². The number of nitrogens with zero attached hydrogens (tertiary/aromatic N) is 2. The Balaban J connectivity index is 2.12. The molecular formula is C23H16N2O4. The van der Waals surface area contributed by atoms with Crippen LogP contribution in [-0.2, 0) is 14.3 Å². The van der Waals surface area contributed by atoms with Gasteiger partial charge in [0, 0.05) is 23.6 Å². The minimum Gasteiger partial charge on any atom is -0.422 e. The molecule has 0 fully saturated rings. The van der Waals surface area contributed by atoms with Gasteiger partial charge in [0.05, 0.1) is 16.7 Å². The lowest BCUT2D eigenvalue weighted by Gasteiger charge is -2.16. The fraction of sp³-hybridized carbons (Fsp3) is 0.130. The van der Waals surface area contributed by atoms with Gasteiger partial charge >= 0.3 is 11.9 Å². The molecule has 29 heavy (non-hydrogen) atoms. The van der Waals surface area contributed by atoms with Crippen molar-refractivity contribution < 1.29 is 19.1 Å². The first-order valence-electron chi connectivity index (χ1n) is 8.67. The van der Waals surface area contributed by atoms with Crippen LogP contribution < -0.4 is 0 Å². The Hall–Kier alpha value is -4.16. The minimum absolute atomic E-state index is 0.0405. The number of nitriles is 2. The topological polar surface area (TPSA) is 100 Å². The molecule has 1 aliphatic rings. The van der Waals surface area contributed by atoms with Gasteiger partial charge in [0.25, 0.3) is 0 Å². The molecule has 0 spiro atoms. The lowest BCUT2D eigenvalue weighted by molar-refractivity contribution is -0.160. The van der Waals surface area contributed by atoms with Crippen LogP contribution in [0.3, 0.4) is 0 Å².